The van der Waals surface area contributed by atoms with Gasteiger partial charge in [0.2, 0.25) is 0 Å². The van der Waals surface area contributed by atoms with E-state index in [-0.39, 0.29) is 5.78 Å². The molecule has 6 heteroatoms. The molecule has 1 heterocycles. The van der Waals surface area contributed by atoms with Crippen LogP contribution in [0.3, 0.4) is 0 Å². The average Bonchev–Trinajstić information content (AvgIpc) is 2.46. The summed E-state index contributed by atoms with van der Waals surface area (Å²) in [6, 6.07) is 0. The largest absolute Gasteiger partial charge is 0.310 e. The summed E-state index contributed by atoms with van der Waals surface area (Å²) in [4.78, 5) is 11.6. The molecule has 0 aromatic carbocycles. The molecule has 78 valence electrons. The van der Waals surface area contributed by atoms with Crippen molar-refractivity contribution in [2.75, 3.05) is 13.1 Å². The average molecular weight is 261 g/mol. The molecule has 0 aliphatic carbocycles. The Hall–Kier alpha value is -0.750. The summed E-state index contributed by atoms with van der Waals surface area (Å²) in [5.41, 5.74) is 0.508. The van der Waals surface area contributed by atoms with Crippen molar-refractivity contribution in [1.29, 1.82) is 0 Å². The predicted molar refractivity (Wildman–Crippen MR) is 56.2 cm³/mol. The number of Topliss-reactive ketones (excluding diaryl/α,β-unsaturated/α-hetero) is 1. The minimum absolute atomic E-state index is 0.00201. The zero-order valence-electron chi connectivity index (χ0n) is 8.25. The van der Waals surface area contributed by atoms with E-state index in [2.05, 4.69) is 38.5 Å². The van der Waals surface area contributed by atoms with Gasteiger partial charge >= 0.3 is 0 Å². The molecule has 0 aliphatic rings. The Morgan fingerprint density at radius 1 is 1.64 bits per heavy atom. The van der Waals surface area contributed by atoms with Crippen molar-refractivity contribution in [3.63, 3.8) is 0 Å². The van der Waals surface area contributed by atoms with Crippen LogP contribution < -0.4 is 5.32 Å². The molecule has 5 nitrogen and oxygen atoms in total. The predicted octanol–water partition coefficient (Wildman–Crippen LogP) is 0.760. The number of rotatable bonds is 5. The van der Waals surface area contributed by atoms with Crippen molar-refractivity contribution in [3.05, 3.63) is 10.3 Å². The quantitative estimate of drug-likeness (QED) is 0.628. The van der Waals surface area contributed by atoms with Gasteiger partial charge in [-0.05, 0) is 28.9 Å². The van der Waals surface area contributed by atoms with Gasteiger partial charge in [-0.3, -0.25) is 4.79 Å². The molecular formula is C8H13BrN4O. The molecule has 0 atom stereocenters. The zero-order chi connectivity index (χ0) is 10.6. The SMILES string of the molecule is CCCNCC(=O)c1c(Br)nnn1C. The number of ketones is 1. The lowest BCUT2D eigenvalue weighted by Gasteiger charge is -2.02. The third kappa shape index (κ3) is 2.62. The van der Waals surface area contributed by atoms with Gasteiger partial charge in [0.25, 0.3) is 0 Å². The first-order valence-corrected chi connectivity index (χ1v) is 5.25. The van der Waals surface area contributed by atoms with Crippen molar-refractivity contribution in [2.24, 2.45) is 7.05 Å². The van der Waals surface area contributed by atoms with Crippen LogP contribution in [0.5, 0.6) is 0 Å². The number of nitrogens with zero attached hydrogens (tertiary/aromatic N) is 3. The Morgan fingerprint density at radius 3 is 2.86 bits per heavy atom. The second kappa shape index (κ2) is 5.21. The van der Waals surface area contributed by atoms with E-state index >= 15 is 0 Å². The molecule has 1 aromatic rings. The Balaban J connectivity index is 2.60. The summed E-state index contributed by atoms with van der Waals surface area (Å²) in [6.07, 6.45) is 1.01. The molecule has 0 unspecified atom stereocenters. The third-order valence-corrected chi connectivity index (χ3v) is 2.30. The van der Waals surface area contributed by atoms with Gasteiger partial charge in [-0.25, -0.2) is 4.68 Å². The maximum Gasteiger partial charge on any atom is 0.197 e. The van der Waals surface area contributed by atoms with Crippen LogP contribution >= 0.6 is 15.9 Å². The van der Waals surface area contributed by atoms with E-state index in [1.807, 2.05) is 0 Å². The monoisotopic (exact) mass is 260 g/mol. The lowest BCUT2D eigenvalue weighted by Crippen LogP contribution is -2.25. The van der Waals surface area contributed by atoms with Gasteiger partial charge in [0.1, 0.15) is 5.69 Å². The highest BCUT2D eigenvalue weighted by Gasteiger charge is 2.15. The number of aromatic nitrogens is 3. The Labute approximate surface area is 91.0 Å². The van der Waals surface area contributed by atoms with Crippen LogP contribution in [0.25, 0.3) is 0 Å². The summed E-state index contributed by atoms with van der Waals surface area (Å²) < 4.78 is 1.98. The van der Waals surface area contributed by atoms with Crippen molar-refractivity contribution >= 4 is 21.7 Å². The maximum absolute atomic E-state index is 11.6. The first-order chi connectivity index (χ1) is 6.66. The molecule has 1 aromatic heterocycles. The van der Waals surface area contributed by atoms with Crippen molar-refractivity contribution in [3.8, 4) is 0 Å². The molecule has 0 spiro atoms. The van der Waals surface area contributed by atoms with Crippen LogP contribution in [0, 0.1) is 0 Å². The molecule has 0 amide bonds. The smallest absolute Gasteiger partial charge is 0.197 e. The maximum atomic E-state index is 11.6. The van der Waals surface area contributed by atoms with Gasteiger partial charge in [-0.1, -0.05) is 12.1 Å². The zero-order valence-corrected chi connectivity index (χ0v) is 9.84. The van der Waals surface area contributed by atoms with Gasteiger partial charge in [-0.15, -0.1) is 5.10 Å². The summed E-state index contributed by atoms with van der Waals surface area (Å²) in [5, 5.41) is 10.5. The fraction of sp³-hybridized carbons (Fsp3) is 0.625. The molecule has 0 fully saturated rings. The number of aryl methyl sites for hydroxylation is 1. The second-order valence-electron chi connectivity index (χ2n) is 2.95. The standard InChI is InChI=1S/C8H13BrN4O/c1-3-4-10-5-6(14)7-8(9)11-12-13(7)2/h10H,3-5H2,1-2H3. The van der Waals surface area contributed by atoms with E-state index in [0.717, 1.165) is 13.0 Å². The summed E-state index contributed by atoms with van der Waals surface area (Å²) >= 11 is 3.18. The molecular weight excluding hydrogens is 248 g/mol. The summed E-state index contributed by atoms with van der Waals surface area (Å²) in [7, 11) is 1.70. The number of carbonyl (C=O) groups is 1. The number of nitrogens with one attached hydrogen (secondary N) is 1. The fourth-order valence-electron chi connectivity index (χ4n) is 1.09. The van der Waals surface area contributed by atoms with Crippen LogP contribution in [0.15, 0.2) is 4.60 Å². The highest BCUT2D eigenvalue weighted by Crippen LogP contribution is 2.11. The Morgan fingerprint density at radius 2 is 2.36 bits per heavy atom. The van der Waals surface area contributed by atoms with Crippen LogP contribution in [-0.4, -0.2) is 33.9 Å². The summed E-state index contributed by atoms with van der Waals surface area (Å²) in [6.45, 7) is 3.22. The molecule has 1 N–H and O–H groups in total. The lowest BCUT2D eigenvalue weighted by molar-refractivity contribution is 0.0981. The first kappa shape index (κ1) is 11.3. The minimum Gasteiger partial charge on any atom is -0.310 e. The van der Waals surface area contributed by atoms with Gasteiger partial charge in [0, 0.05) is 7.05 Å². The lowest BCUT2D eigenvalue weighted by atomic mass is 10.3. The van der Waals surface area contributed by atoms with Crippen LogP contribution in [0.1, 0.15) is 23.8 Å². The number of hydrogen-bond acceptors (Lipinski definition) is 4. The minimum atomic E-state index is -0.00201. The van der Waals surface area contributed by atoms with E-state index in [9.17, 15) is 4.79 Å². The molecule has 0 radical (unpaired) electrons. The molecule has 14 heavy (non-hydrogen) atoms. The molecule has 0 saturated carbocycles. The van der Waals surface area contributed by atoms with E-state index < -0.39 is 0 Å². The first-order valence-electron chi connectivity index (χ1n) is 4.46. The van der Waals surface area contributed by atoms with Crippen LogP contribution in [0.4, 0.5) is 0 Å². The highest BCUT2D eigenvalue weighted by atomic mass is 79.9. The Kier molecular flexibility index (Phi) is 4.21. The summed E-state index contributed by atoms with van der Waals surface area (Å²) in [5.74, 6) is -0.00201. The van der Waals surface area contributed by atoms with Gasteiger partial charge in [-0.2, -0.15) is 0 Å². The highest BCUT2D eigenvalue weighted by molar-refractivity contribution is 9.10. The molecule has 1 rings (SSSR count). The van der Waals surface area contributed by atoms with E-state index in [4.69, 9.17) is 0 Å². The normalized spacial score (nSPS) is 10.5. The number of carbonyl (C=O) groups excluding carboxylic acids is 1. The van der Waals surface area contributed by atoms with Gasteiger partial charge < -0.3 is 5.32 Å². The molecule has 0 bridgehead atoms. The topological polar surface area (TPSA) is 59.8 Å². The fourth-order valence-corrected chi connectivity index (χ4v) is 1.64. The van der Waals surface area contributed by atoms with Crippen molar-refractivity contribution in [2.45, 2.75) is 13.3 Å². The van der Waals surface area contributed by atoms with Crippen LogP contribution in [-0.2, 0) is 7.05 Å². The number of halogens is 1. The van der Waals surface area contributed by atoms with E-state index in [1.54, 1.807) is 7.05 Å². The van der Waals surface area contributed by atoms with Crippen molar-refractivity contribution < 1.29 is 4.79 Å². The third-order valence-electron chi connectivity index (χ3n) is 1.76. The molecule has 0 aliphatic heterocycles. The van der Waals surface area contributed by atoms with Crippen LogP contribution in [0.2, 0.25) is 0 Å². The van der Waals surface area contributed by atoms with Gasteiger partial charge in [0.05, 0.1) is 6.54 Å². The van der Waals surface area contributed by atoms with E-state index in [0.29, 0.717) is 16.8 Å². The Bertz CT molecular complexity index is 304. The van der Waals surface area contributed by atoms with Crippen molar-refractivity contribution in [1.82, 2.24) is 20.3 Å². The second-order valence-corrected chi connectivity index (χ2v) is 3.70. The van der Waals surface area contributed by atoms with E-state index in [1.165, 1.54) is 4.68 Å². The van der Waals surface area contributed by atoms with Gasteiger partial charge in [0.15, 0.2) is 10.4 Å². The molecule has 0 saturated heterocycles. The number of hydrogen-bond donors (Lipinski definition) is 1.